The summed E-state index contributed by atoms with van der Waals surface area (Å²) in [6.07, 6.45) is 2.78. The number of nitrogens with zero attached hydrogens (tertiary/aromatic N) is 4. The first-order valence-electron chi connectivity index (χ1n) is 5.95. The summed E-state index contributed by atoms with van der Waals surface area (Å²) in [5.74, 6) is 0. The Balaban J connectivity index is 2.02. The van der Waals surface area contributed by atoms with E-state index in [0.29, 0.717) is 21.4 Å². The van der Waals surface area contributed by atoms with Gasteiger partial charge in [0.25, 0.3) is 0 Å². The molecule has 0 amide bonds. The Labute approximate surface area is 113 Å². The molecule has 19 heavy (non-hydrogen) atoms. The molecule has 1 saturated carbocycles. The third-order valence-corrected chi connectivity index (χ3v) is 4.25. The van der Waals surface area contributed by atoms with Crippen molar-refractivity contribution in [3.8, 4) is 0 Å². The van der Waals surface area contributed by atoms with Gasteiger partial charge in [0.15, 0.2) is 11.4 Å². The molecule has 1 aliphatic rings. The lowest BCUT2D eigenvalue weighted by atomic mass is 10.3. The van der Waals surface area contributed by atoms with Gasteiger partial charge < -0.3 is 0 Å². The number of hydrogen-bond acceptors (Lipinski definition) is 5. The number of rotatable bonds is 4. The molecule has 0 aromatic carbocycles. The third-order valence-electron chi connectivity index (χ3n) is 3.10. The quantitative estimate of drug-likeness (QED) is 0.841. The number of aromatic nitrogens is 5. The fourth-order valence-corrected chi connectivity index (χ4v) is 3.09. The predicted molar refractivity (Wildman–Crippen MR) is 68.6 cm³/mol. The molecule has 0 unspecified atom stereocenters. The van der Waals surface area contributed by atoms with Crippen LogP contribution in [0.3, 0.4) is 0 Å². The van der Waals surface area contributed by atoms with E-state index in [4.69, 9.17) is 0 Å². The van der Waals surface area contributed by atoms with Gasteiger partial charge in [-0.25, -0.2) is 9.89 Å². The zero-order valence-corrected chi connectivity index (χ0v) is 11.4. The molecule has 3 rings (SSSR count). The first-order valence-corrected chi connectivity index (χ1v) is 6.77. The summed E-state index contributed by atoms with van der Waals surface area (Å²) in [6, 6.07) is 0.239. The summed E-state index contributed by atoms with van der Waals surface area (Å²) in [5.41, 5.74) is 1.03. The van der Waals surface area contributed by atoms with E-state index in [2.05, 4.69) is 15.3 Å². The normalized spacial score (nSPS) is 14.8. The molecule has 1 fully saturated rings. The number of carbonyl (C=O) groups is 1. The Bertz CT molecular complexity index is 694. The molecule has 0 spiro atoms. The van der Waals surface area contributed by atoms with Crippen molar-refractivity contribution in [1.82, 2.24) is 24.5 Å². The zero-order chi connectivity index (χ0) is 13.6. The maximum atomic E-state index is 11.7. The number of aromatic amines is 1. The second kappa shape index (κ2) is 4.37. The molecule has 0 atom stereocenters. The summed E-state index contributed by atoms with van der Waals surface area (Å²) in [7, 11) is 1.77. The van der Waals surface area contributed by atoms with E-state index >= 15 is 0 Å². The van der Waals surface area contributed by atoms with Crippen LogP contribution in [0.2, 0.25) is 0 Å². The maximum absolute atomic E-state index is 11.7. The van der Waals surface area contributed by atoms with Crippen molar-refractivity contribution >= 4 is 18.0 Å². The highest BCUT2D eigenvalue weighted by Crippen LogP contribution is 2.38. The van der Waals surface area contributed by atoms with Crippen LogP contribution in [0.5, 0.6) is 0 Å². The SMILES string of the molecule is Cc1nn(C)c(Sc2n[nH]c(=O)n2C2CC2)c1C=O. The summed E-state index contributed by atoms with van der Waals surface area (Å²) in [6.45, 7) is 1.78. The molecule has 0 bridgehead atoms. The first-order chi connectivity index (χ1) is 9.11. The third kappa shape index (κ3) is 2.01. The Morgan fingerprint density at radius 3 is 2.84 bits per heavy atom. The summed E-state index contributed by atoms with van der Waals surface area (Å²) in [4.78, 5) is 22.8. The van der Waals surface area contributed by atoms with Crippen molar-refractivity contribution in [2.24, 2.45) is 7.05 Å². The molecule has 1 N–H and O–H groups in total. The molecule has 2 aromatic heterocycles. The van der Waals surface area contributed by atoms with Crippen molar-refractivity contribution < 1.29 is 4.79 Å². The molecule has 2 heterocycles. The standard InChI is InChI=1S/C11H13N5O2S/c1-6-8(5-17)9(15(2)14-6)19-11-13-12-10(18)16(11)7-3-4-7/h5,7H,3-4H2,1-2H3,(H,12,18). The largest absolute Gasteiger partial charge is 0.344 e. The molecule has 0 radical (unpaired) electrons. The number of hydrogen-bond donors (Lipinski definition) is 1. The molecule has 8 heteroatoms. The van der Waals surface area contributed by atoms with Crippen LogP contribution in [0.15, 0.2) is 15.0 Å². The Morgan fingerprint density at radius 2 is 2.21 bits per heavy atom. The van der Waals surface area contributed by atoms with Crippen LogP contribution in [0, 0.1) is 6.92 Å². The van der Waals surface area contributed by atoms with Crippen LogP contribution in [0.4, 0.5) is 0 Å². The number of H-pyrrole nitrogens is 1. The predicted octanol–water partition coefficient (Wildman–Crippen LogP) is 0.912. The molecular formula is C11H13N5O2S. The number of carbonyl (C=O) groups excluding carboxylic acids is 1. The van der Waals surface area contributed by atoms with Crippen LogP contribution in [-0.4, -0.2) is 30.8 Å². The van der Waals surface area contributed by atoms with Crippen LogP contribution >= 0.6 is 11.8 Å². The number of nitrogens with one attached hydrogen (secondary N) is 1. The van der Waals surface area contributed by atoms with Crippen molar-refractivity contribution in [1.29, 1.82) is 0 Å². The minimum atomic E-state index is -0.198. The second-order valence-corrected chi connectivity index (χ2v) is 5.52. The van der Waals surface area contributed by atoms with Crippen LogP contribution in [-0.2, 0) is 7.05 Å². The van der Waals surface area contributed by atoms with Gasteiger partial charge in [-0.2, -0.15) is 5.10 Å². The molecule has 100 valence electrons. The van der Waals surface area contributed by atoms with Crippen molar-refractivity contribution in [2.75, 3.05) is 0 Å². The molecular weight excluding hydrogens is 266 g/mol. The van der Waals surface area contributed by atoms with E-state index in [0.717, 1.165) is 19.1 Å². The highest BCUT2D eigenvalue weighted by atomic mass is 32.2. The lowest BCUT2D eigenvalue weighted by molar-refractivity contribution is 0.112. The second-order valence-electron chi connectivity index (χ2n) is 4.56. The van der Waals surface area contributed by atoms with Crippen LogP contribution in [0.25, 0.3) is 0 Å². The van der Waals surface area contributed by atoms with Gasteiger partial charge in [0.1, 0.15) is 5.03 Å². The topological polar surface area (TPSA) is 85.6 Å². The highest BCUT2D eigenvalue weighted by molar-refractivity contribution is 7.99. The van der Waals surface area contributed by atoms with E-state index < -0.39 is 0 Å². The van der Waals surface area contributed by atoms with Crippen molar-refractivity contribution in [3.63, 3.8) is 0 Å². The Kier molecular flexibility index (Phi) is 2.81. The summed E-state index contributed by atoms with van der Waals surface area (Å²) >= 11 is 1.29. The van der Waals surface area contributed by atoms with Gasteiger partial charge in [-0.15, -0.1) is 5.10 Å². The molecule has 2 aromatic rings. The monoisotopic (exact) mass is 279 g/mol. The van der Waals surface area contributed by atoms with E-state index in [1.54, 1.807) is 23.2 Å². The van der Waals surface area contributed by atoms with Crippen LogP contribution < -0.4 is 5.69 Å². The zero-order valence-electron chi connectivity index (χ0n) is 10.6. The number of aryl methyl sites for hydroxylation is 2. The van der Waals surface area contributed by atoms with E-state index in [9.17, 15) is 9.59 Å². The lowest BCUT2D eigenvalue weighted by Crippen LogP contribution is -2.16. The van der Waals surface area contributed by atoms with E-state index in [-0.39, 0.29) is 11.7 Å². The Morgan fingerprint density at radius 1 is 1.47 bits per heavy atom. The summed E-state index contributed by atoms with van der Waals surface area (Å²) in [5, 5.41) is 12.0. The fraction of sp³-hybridized carbons (Fsp3) is 0.455. The molecule has 0 aliphatic heterocycles. The fourth-order valence-electron chi connectivity index (χ4n) is 2.01. The van der Waals surface area contributed by atoms with E-state index in [1.807, 2.05) is 0 Å². The van der Waals surface area contributed by atoms with Gasteiger partial charge in [-0.1, -0.05) is 0 Å². The van der Waals surface area contributed by atoms with Gasteiger partial charge in [-0.05, 0) is 31.5 Å². The minimum Gasteiger partial charge on any atom is -0.298 e. The van der Waals surface area contributed by atoms with Crippen molar-refractivity contribution in [3.05, 3.63) is 21.7 Å². The van der Waals surface area contributed by atoms with Gasteiger partial charge in [0, 0.05) is 13.1 Å². The van der Waals surface area contributed by atoms with Gasteiger partial charge in [-0.3, -0.25) is 14.0 Å². The average Bonchev–Trinajstić information content (AvgIpc) is 3.08. The van der Waals surface area contributed by atoms with Crippen molar-refractivity contribution in [2.45, 2.75) is 36.0 Å². The van der Waals surface area contributed by atoms with Gasteiger partial charge in [0.05, 0.1) is 11.3 Å². The number of aldehydes is 1. The van der Waals surface area contributed by atoms with Crippen LogP contribution in [0.1, 0.15) is 34.9 Å². The minimum absolute atomic E-state index is 0.198. The average molecular weight is 279 g/mol. The molecule has 1 aliphatic carbocycles. The van der Waals surface area contributed by atoms with E-state index in [1.165, 1.54) is 11.8 Å². The smallest absolute Gasteiger partial charge is 0.298 e. The molecule has 0 saturated heterocycles. The first kappa shape index (κ1) is 12.2. The Hall–Kier alpha value is -1.83. The van der Waals surface area contributed by atoms with Gasteiger partial charge in [0.2, 0.25) is 0 Å². The lowest BCUT2D eigenvalue weighted by Gasteiger charge is -2.04. The van der Waals surface area contributed by atoms with Gasteiger partial charge >= 0.3 is 5.69 Å². The molecule has 7 nitrogen and oxygen atoms in total. The summed E-state index contributed by atoms with van der Waals surface area (Å²) < 4.78 is 3.29. The maximum Gasteiger partial charge on any atom is 0.344 e. The highest BCUT2D eigenvalue weighted by Gasteiger charge is 2.29.